The zero-order valence-corrected chi connectivity index (χ0v) is 43.3. The third-order valence-electron chi connectivity index (χ3n) is 12.5. The van der Waals surface area contributed by atoms with Crippen molar-refractivity contribution in [3.8, 4) is 33.4 Å². The van der Waals surface area contributed by atoms with Gasteiger partial charge < -0.3 is 0 Å². The number of halogens is 2. The minimum absolute atomic E-state index is 0.625. The predicted molar refractivity (Wildman–Crippen MR) is 273 cm³/mol. The van der Waals surface area contributed by atoms with E-state index in [0.29, 0.717) is 11.8 Å². The molecule has 1 aliphatic heterocycles. The minimum Gasteiger partial charge on any atom is -0.184 e. The summed E-state index contributed by atoms with van der Waals surface area (Å²) >= 11 is -0.826. The molecule has 9 rings (SSSR count). The van der Waals surface area contributed by atoms with E-state index in [-0.39, 0.29) is 0 Å². The Balaban J connectivity index is 0.000000155. The summed E-state index contributed by atoms with van der Waals surface area (Å²) in [5.74, 6) is 1.25. The van der Waals surface area contributed by atoms with E-state index in [9.17, 15) is 0 Å². The molecule has 62 heavy (non-hydrogen) atoms. The van der Waals surface area contributed by atoms with Crippen LogP contribution in [0.2, 0.25) is 0 Å². The van der Waals surface area contributed by atoms with Gasteiger partial charge in [0.1, 0.15) is 0 Å². The molecule has 8 aromatic carbocycles. The normalized spacial score (nSPS) is 12.3. The van der Waals surface area contributed by atoms with E-state index in [1.807, 2.05) is 6.07 Å². The van der Waals surface area contributed by atoms with Crippen LogP contribution < -0.4 is 10.4 Å². The number of benzene rings is 6. The summed E-state index contributed by atoms with van der Waals surface area (Å²) < 4.78 is 0. The Bertz CT molecular complexity index is 2520. The Morgan fingerprint density at radius 3 is 1.44 bits per heavy atom. The largest absolute Gasteiger partial charge is 0.184 e. The smallest absolute Gasteiger partial charge is 0.0920 e. The van der Waals surface area contributed by atoms with E-state index >= 15 is 0 Å². The van der Waals surface area contributed by atoms with E-state index in [1.165, 1.54) is 123 Å². The Labute approximate surface area is 394 Å². The Morgan fingerprint density at radius 2 is 1.00 bits per heavy atom. The summed E-state index contributed by atoms with van der Waals surface area (Å²) in [6.07, 6.45) is 4.52. The van der Waals surface area contributed by atoms with Crippen LogP contribution in [0.5, 0.6) is 0 Å². The van der Waals surface area contributed by atoms with Gasteiger partial charge in [0, 0.05) is 0 Å². The molecular weight excluding hydrogens is 887 g/mol. The molecule has 8 aromatic rings. The topological polar surface area (TPSA) is 0 Å². The molecule has 1 aliphatic rings. The second-order valence-corrected chi connectivity index (χ2v) is 22.1. The van der Waals surface area contributed by atoms with Gasteiger partial charge in [-0.25, -0.2) is 0 Å². The number of hydrogen-bond acceptors (Lipinski definition) is 0. The average Bonchev–Trinajstić information content (AvgIpc) is 4.01. The van der Waals surface area contributed by atoms with Gasteiger partial charge in [-0.05, 0) is 63.5 Å². The molecule has 0 aliphatic carbocycles. The zero-order chi connectivity index (χ0) is 44.5. The summed E-state index contributed by atoms with van der Waals surface area (Å²) in [7, 11) is 10.7. The van der Waals surface area contributed by atoms with Gasteiger partial charge in [-0.15, -0.1) is 74.6 Å². The minimum atomic E-state index is -0.826. The molecule has 2 radical (unpaired) electrons. The van der Waals surface area contributed by atoms with E-state index in [1.54, 1.807) is 0 Å². The number of fused-ring (bicyclic) bond motifs is 5. The van der Waals surface area contributed by atoms with Crippen LogP contribution in [-0.2, 0) is 33.7 Å². The molecule has 318 valence electrons. The van der Waals surface area contributed by atoms with Crippen LogP contribution in [0.25, 0.3) is 54.9 Å². The van der Waals surface area contributed by atoms with Crippen molar-refractivity contribution in [3.63, 3.8) is 0 Å². The van der Waals surface area contributed by atoms with Crippen molar-refractivity contribution >= 4 is 58.5 Å². The second kappa shape index (κ2) is 22.2. The predicted octanol–water partition coefficient (Wildman–Crippen LogP) is 16.3. The van der Waals surface area contributed by atoms with Crippen LogP contribution in [0.1, 0.15) is 111 Å². The fraction of sp³-hybridized carbons (Fsp3) is 0.276. The first-order chi connectivity index (χ1) is 29.9. The molecule has 2 atom stereocenters. The molecule has 0 nitrogen and oxygen atoms in total. The van der Waals surface area contributed by atoms with Gasteiger partial charge in [-0.2, -0.15) is 41.6 Å². The summed E-state index contributed by atoms with van der Waals surface area (Å²) in [6.45, 7) is 22.5. The molecule has 0 fully saturated rings. The summed E-state index contributed by atoms with van der Waals surface area (Å²) in [4.78, 5) is 0. The Morgan fingerprint density at radius 1 is 0.565 bits per heavy atom. The van der Waals surface area contributed by atoms with Gasteiger partial charge >= 0.3 is 37.9 Å². The molecule has 0 saturated heterocycles. The summed E-state index contributed by atoms with van der Waals surface area (Å²) in [5.41, 5.74) is 19.6. The van der Waals surface area contributed by atoms with Gasteiger partial charge in [0.2, 0.25) is 0 Å². The maximum Gasteiger partial charge on any atom is 0.0920 e. The van der Waals surface area contributed by atoms with Gasteiger partial charge in [-0.1, -0.05) is 170 Å². The first-order valence-electron chi connectivity index (χ1n) is 22.4. The van der Waals surface area contributed by atoms with Crippen molar-refractivity contribution in [1.82, 2.24) is 0 Å². The standard InChI is InChI=1S/2C23H27.C12H7Si.2ClH.Zr/c2*1-6-17(5)20-13-19-9-8-18(7-2)23(22(19)14-20)21-11-15(3)10-16(4)12-21;1-3-7-11-9(5-1)10-6-2-4-8-12(10)13-11;;;/h2*8-14,17H,6-7H2,1-5H3;1-7H;2*1H;/q3*-1;;;+2/p-2. The summed E-state index contributed by atoms with van der Waals surface area (Å²) in [6, 6.07) is 50.8. The maximum absolute atomic E-state index is 4.93. The monoisotopic (exact) mass is 945 g/mol. The number of rotatable bonds is 8. The van der Waals surface area contributed by atoms with Crippen molar-refractivity contribution in [2.24, 2.45) is 0 Å². The van der Waals surface area contributed by atoms with Crippen molar-refractivity contribution in [2.75, 3.05) is 0 Å². The molecule has 0 spiro atoms. The van der Waals surface area contributed by atoms with E-state index in [2.05, 4.69) is 197 Å². The van der Waals surface area contributed by atoms with Crippen LogP contribution >= 0.6 is 17.0 Å². The van der Waals surface area contributed by atoms with Gasteiger partial charge in [0.05, 0.1) is 9.52 Å². The SMILES string of the molecule is CCc1ccc2[cH-]c(C(C)CC)cc2c1-c1cc(C)cc(C)c1.CCc1ccc2[cH-]c(C(C)CC)cc2c1-c1cc(C)cc(C)c1.[Cl][Zr][Cl].[c-]1cccc2c1[Si]c1ccccc1-2. The van der Waals surface area contributed by atoms with Crippen LogP contribution in [0.4, 0.5) is 0 Å². The van der Waals surface area contributed by atoms with Crippen LogP contribution in [0.3, 0.4) is 0 Å². The fourth-order valence-corrected chi connectivity index (χ4v) is 10.3. The molecule has 0 amide bonds. The van der Waals surface area contributed by atoms with Gasteiger partial charge in [0.15, 0.2) is 0 Å². The van der Waals surface area contributed by atoms with Crippen LogP contribution in [0.15, 0.2) is 127 Å². The molecule has 0 bridgehead atoms. The number of aryl methyl sites for hydroxylation is 6. The van der Waals surface area contributed by atoms with Gasteiger partial charge in [0.25, 0.3) is 0 Å². The van der Waals surface area contributed by atoms with E-state index < -0.39 is 20.8 Å². The Kier molecular flexibility index (Phi) is 17.1. The molecule has 1 heterocycles. The second-order valence-electron chi connectivity index (χ2n) is 17.1. The van der Waals surface area contributed by atoms with E-state index in [0.717, 1.165) is 22.4 Å². The quantitative estimate of drug-likeness (QED) is 0.105. The first-order valence-corrected chi connectivity index (χ1v) is 29.7. The molecule has 0 N–H and O–H groups in total. The van der Waals surface area contributed by atoms with Crippen molar-refractivity contribution in [1.29, 1.82) is 0 Å². The fourth-order valence-electron chi connectivity index (χ4n) is 8.98. The first kappa shape index (κ1) is 47.7. The van der Waals surface area contributed by atoms with Crippen molar-refractivity contribution in [2.45, 2.75) is 107 Å². The molecule has 0 aromatic heterocycles. The third kappa shape index (κ3) is 11.1. The molecule has 4 heteroatoms. The zero-order valence-electron chi connectivity index (χ0n) is 38.4. The molecule has 2 unspecified atom stereocenters. The number of hydrogen-bond donors (Lipinski definition) is 0. The van der Waals surface area contributed by atoms with Crippen molar-refractivity contribution in [3.05, 3.63) is 178 Å². The molecular formula is C58H61Cl2SiZr-3. The Hall–Kier alpha value is -3.78. The average molecular weight is 948 g/mol. The van der Waals surface area contributed by atoms with Crippen LogP contribution in [-0.4, -0.2) is 9.52 Å². The molecule has 0 saturated carbocycles. The third-order valence-corrected chi connectivity index (χ3v) is 13.8. The van der Waals surface area contributed by atoms with Gasteiger partial charge in [-0.3, -0.25) is 0 Å². The van der Waals surface area contributed by atoms with E-state index in [4.69, 9.17) is 17.0 Å². The van der Waals surface area contributed by atoms with Crippen molar-refractivity contribution < 1.29 is 20.8 Å². The maximum atomic E-state index is 4.93. The summed E-state index contributed by atoms with van der Waals surface area (Å²) in [5, 5.41) is 8.43. The van der Waals surface area contributed by atoms with Crippen LogP contribution in [0, 0.1) is 33.8 Å².